The first-order chi connectivity index (χ1) is 13.7. The summed E-state index contributed by atoms with van der Waals surface area (Å²) < 4.78 is 9.13. The standard InChI is InChI=1S/C18H15P.C5H10O4.Au/c1-4-10-16(11-5-1)19(17-12-6-2-7-13-17)18-14-8-3-9-15-18;1-8-2-3-9-4-5(6)7;/h1-15H;2-4H2,1H3,(H,6,7);/q;;+1/p-1. The second-order valence-corrected chi connectivity index (χ2v) is 7.98. The van der Waals surface area contributed by atoms with Gasteiger partial charge in [-0.3, -0.25) is 0 Å². The second kappa shape index (κ2) is 15.1. The van der Waals surface area contributed by atoms with E-state index >= 15 is 0 Å². The van der Waals surface area contributed by atoms with E-state index in [0.717, 1.165) is 0 Å². The molecule has 0 heterocycles. The number of carboxylic acids is 1. The number of aliphatic carboxylic acids is 1. The molecule has 0 saturated carbocycles. The van der Waals surface area contributed by atoms with Crippen molar-refractivity contribution in [3.05, 3.63) is 91.0 Å². The SMILES string of the molecule is COCCOCC(=O)[O-].[Au+].c1ccc(P(c2ccccc2)c2ccccc2)cc1. The molecule has 0 amide bonds. The maximum Gasteiger partial charge on any atom is 1.00 e. The first-order valence-electron chi connectivity index (χ1n) is 8.94. The van der Waals surface area contributed by atoms with Crippen molar-refractivity contribution < 1.29 is 41.8 Å². The van der Waals surface area contributed by atoms with E-state index < -0.39 is 13.9 Å². The Kier molecular flexibility index (Phi) is 13.2. The summed E-state index contributed by atoms with van der Waals surface area (Å²) >= 11 is 0. The molecule has 0 spiro atoms. The summed E-state index contributed by atoms with van der Waals surface area (Å²) in [6, 6.07) is 32.3. The molecule has 0 unspecified atom stereocenters. The van der Waals surface area contributed by atoms with Crippen molar-refractivity contribution in [2.45, 2.75) is 0 Å². The van der Waals surface area contributed by atoms with Crippen LogP contribution in [0.4, 0.5) is 0 Å². The Morgan fingerprint density at radius 3 is 1.45 bits per heavy atom. The van der Waals surface area contributed by atoms with Crippen LogP contribution in [0, 0.1) is 0 Å². The smallest absolute Gasteiger partial charge is 0.548 e. The molecule has 0 radical (unpaired) electrons. The molecule has 0 saturated heterocycles. The minimum atomic E-state index is -1.20. The van der Waals surface area contributed by atoms with Gasteiger partial charge in [-0.15, -0.1) is 0 Å². The molecular formula is C23H24AuO4P. The molecule has 0 bridgehead atoms. The van der Waals surface area contributed by atoms with Gasteiger partial charge in [0, 0.05) is 7.11 Å². The molecule has 0 fully saturated rings. The predicted octanol–water partition coefficient (Wildman–Crippen LogP) is 1.84. The molecule has 0 N–H and O–H groups in total. The van der Waals surface area contributed by atoms with Gasteiger partial charge in [-0.05, 0) is 23.8 Å². The number of carboxylic acid groups (broad SMARTS) is 1. The van der Waals surface area contributed by atoms with Crippen molar-refractivity contribution in [1.82, 2.24) is 0 Å². The summed E-state index contributed by atoms with van der Waals surface area (Å²) in [6.45, 7) is 0.348. The topological polar surface area (TPSA) is 58.6 Å². The van der Waals surface area contributed by atoms with Crippen molar-refractivity contribution in [1.29, 1.82) is 0 Å². The maximum atomic E-state index is 9.69. The summed E-state index contributed by atoms with van der Waals surface area (Å²) in [4.78, 5) is 9.69. The maximum absolute atomic E-state index is 9.69. The number of hydrogen-bond acceptors (Lipinski definition) is 4. The van der Waals surface area contributed by atoms with Gasteiger partial charge in [0.25, 0.3) is 0 Å². The van der Waals surface area contributed by atoms with Crippen molar-refractivity contribution >= 4 is 29.8 Å². The Labute approximate surface area is 189 Å². The van der Waals surface area contributed by atoms with E-state index in [4.69, 9.17) is 0 Å². The zero-order valence-corrected chi connectivity index (χ0v) is 19.2. The second-order valence-electron chi connectivity index (χ2n) is 5.76. The summed E-state index contributed by atoms with van der Waals surface area (Å²) in [5.41, 5.74) is 0. The average Bonchev–Trinajstić information content (AvgIpc) is 2.74. The molecular weight excluding hydrogens is 568 g/mol. The fourth-order valence-corrected chi connectivity index (χ4v) is 4.78. The van der Waals surface area contributed by atoms with E-state index in [1.54, 1.807) is 0 Å². The van der Waals surface area contributed by atoms with Gasteiger partial charge in [0.15, 0.2) is 0 Å². The van der Waals surface area contributed by atoms with Gasteiger partial charge in [-0.2, -0.15) is 0 Å². The molecule has 0 aliphatic rings. The Balaban J connectivity index is 0.000000362. The minimum Gasteiger partial charge on any atom is -0.548 e. The summed E-state index contributed by atoms with van der Waals surface area (Å²) in [5.74, 6) is -1.20. The fourth-order valence-electron chi connectivity index (χ4n) is 2.48. The van der Waals surface area contributed by atoms with Gasteiger partial charge in [-0.25, -0.2) is 0 Å². The average molecular weight is 592 g/mol. The summed E-state index contributed by atoms with van der Waals surface area (Å²) in [6.07, 6.45) is 0. The van der Waals surface area contributed by atoms with Gasteiger partial charge >= 0.3 is 22.4 Å². The number of ether oxygens (including phenoxy) is 2. The van der Waals surface area contributed by atoms with Crippen LogP contribution in [0.3, 0.4) is 0 Å². The van der Waals surface area contributed by atoms with Crippen LogP contribution in [0.15, 0.2) is 91.0 Å². The van der Waals surface area contributed by atoms with Crippen molar-refractivity contribution in [2.75, 3.05) is 26.9 Å². The number of carbonyl (C=O) groups is 1. The Morgan fingerprint density at radius 2 is 1.14 bits per heavy atom. The number of hydrogen-bond donors (Lipinski definition) is 0. The van der Waals surface area contributed by atoms with Crippen LogP contribution in [0.5, 0.6) is 0 Å². The minimum absolute atomic E-state index is 0. The molecule has 3 rings (SSSR count). The molecule has 3 aromatic rings. The quantitative estimate of drug-likeness (QED) is 0.228. The van der Waals surface area contributed by atoms with E-state index in [9.17, 15) is 9.90 Å². The van der Waals surface area contributed by atoms with Crippen LogP contribution < -0.4 is 21.0 Å². The third-order valence-corrected chi connectivity index (χ3v) is 6.14. The van der Waals surface area contributed by atoms with Gasteiger partial charge in [0.1, 0.15) is 0 Å². The van der Waals surface area contributed by atoms with Crippen molar-refractivity contribution in [3.8, 4) is 0 Å². The monoisotopic (exact) mass is 592 g/mol. The number of benzene rings is 3. The number of rotatable bonds is 8. The molecule has 0 aliphatic carbocycles. The van der Waals surface area contributed by atoms with Gasteiger partial charge in [0.2, 0.25) is 0 Å². The van der Waals surface area contributed by atoms with Gasteiger partial charge < -0.3 is 19.4 Å². The third kappa shape index (κ3) is 9.51. The summed E-state index contributed by atoms with van der Waals surface area (Å²) in [7, 11) is 1.07. The first kappa shape index (κ1) is 25.3. The van der Waals surface area contributed by atoms with E-state index in [0.29, 0.717) is 13.2 Å². The Morgan fingerprint density at radius 1 is 0.759 bits per heavy atom. The Hall–Kier alpha value is -1.78. The van der Waals surface area contributed by atoms with Gasteiger partial charge in [0.05, 0.1) is 25.8 Å². The van der Waals surface area contributed by atoms with Crippen LogP contribution >= 0.6 is 7.92 Å². The molecule has 0 aliphatic heterocycles. The molecule has 6 heteroatoms. The van der Waals surface area contributed by atoms with Crippen molar-refractivity contribution in [3.63, 3.8) is 0 Å². The van der Waals surface area contributed by atoms with E-state index in [2.05, 4.69) is 100 Å². The zero-order chi connectivity index (χ0) is 20.0. The molecule has 4 nitrogen and oxygen atoms in total. The fraction of sp³-hybridized carbons (Fsp3) is 0.174. The van der Waals surface area contributed by atoms with Crippen LogP contribution in [0.25, 0.3) is 0 Å². The van der Waals surface area contributed by atoms with Crippen LogP contribution in [0.2, 0.25) is 0 Å². The third-order valence-electron chi connectivity index (χ3n) is 3.69. The van der Waals surface area contributed by atoms with E-state index in [1.165, 1.54) is 23.0 Å². The van der Waals surface area contributed by atoms with Crippen LogP contribution in [0.1, 0.15) is 0 Å². The van der Waals surface area contributed by atoms with Crippen molar-refractivity contribution in [2.24, 2.45) is 0 Å². The normalized spacial score (nSPS) is 9.86. The van der Waals surface area contributed by atoms with E-state index in [-0.39, 0.29) is 29.0 Å². The summed E-state index contributed by atoms with van der Waals surface area (Å²) in [5, 5.41) is 13.9. The molecule has 156 valence electrons. The molecule has 29 heavy (non-hydrogen) atoms. The van der Waals surface area contributed by atoms with Crippen LogP contribution in [-0.2, 0) is 36.6 Å². The first-order valence-corrected chi connectivity index (χ1v) is 10.3. The Bertz CT molecular complexity index is 707. The van der Waals surface area contributed by atoms with Gasteiger partial charge in [-0.1, -0.05) is 91.0 Å². The van der Waals surface area contributed by atoms with Crippen LogP contribution in [-0.4, -0.2) is 32.9 Å². The molecule has 0 atom stereocenters. The predicted molar refractivity (Wildman–Crippen MR) is 113 cm³/mol. The molecule has 3 aromatic carbocycles. The largest absolute Gasteiger partial charge is 1.00 e. The van der Waals surface area contributed by atoms with E-state index in [1.807, 2.05) is 0 Å². The molecule has 0 aromatic heterocycles. The zero-order valence-electron chi connectivity index (χ0n) is 16.2. The number of carbonyl (C=O) groups excluding carboxylic acids is 1. The number of methoxy groups -OCH3 is 1.